The van der Waals surface area contributed by atoms with E-state index in [1.165, 1.54) is 0 Å². The Morgan fingerprint density at radius 3 is 2.94 bits per heavy atom. The summed E-state index contributed by atoms with van der Waals surface area (Å²) in [6, 6.07) is 3.61. The van der Waals surface area contributed by atoms with Gasteiger partial charge in [0.15, 0.2) is 5.78 Å². The van der Waals surface area contributed by atoms with E-state index in [0.29, 0.717) is 17.4 Å². The molecule has 0 saturated heterocycles. The van der Waals surface area contributed by atoms with E-state index < -0.39 is 6.10 Å². The van der Waals surface area contributed by atoms with Gasteiger partial charge in [-0.25, -0.2) is 0 Å². The van der Waals surface area contributed by atoms with Gasteiger partial charge in [-0.1, -0.05) is 0 Å². The Bertz CT molecular complexity index is 664. The van der Waals surface area contributed by atoms with E-state index in [1.807, 2.05) is 13.0 Å². The first kappa shape index (κ1) is 11.2. The summed E-state index contributed by atoms with van der Waals surface area (Å²) < 4.78 is 0. The second kappa shape index (κ2) is 3.78. The normalized spacial score (nSPS) is 19.0. The van der Waals surface area contributed by atoms with E-state index in [9.17, 15) is 15.0 Å². The maximum atomic E-state index is 11.9. The molecule has 1 aromatic carbocycles. The summed E-state index contributed by atoms with van der Waals surface area (Å²) in [5.74, 6) is -0.172. The minimum absolute atomic E-state index is 0.0567. The smallest absolute Gasteiger partial charge is 0.167 e. The number of hydrogen-bond acceptors (Lipinski definition) is 4. The van der Waals surface area contributed by atoms with Crippen LogP contribution in [0.5, 0.6) is 5.75 Å². The van der Waals surface area contributed by atoms with Crippen molar-refractivity contribution in [1.29, 1.82) is 0 Å². The van der Waals surface area contributed by atoms with Gasteiger partial charge in [-0.05, 0) is 36.4 Å². The zero-order valence-corrected chi connectivity index (χ0v) is 9.97. The monoisotopic (exact) mass is 243 g/mol. The number of carbonyl (C=O) groups excluding carboxylic acids is 1. The van der Waals surface area contributed by atoms with Crippen LogP contribution in [0.3, 0.4) is 0 Å². The van der Waals surface area contributed by atoms with Gasteiger partial charge in [0, 0.05) is 23.7 Å². The van der Waals surface area contributed by atoms with Crippen molar-refractivity contribution in [3.63, 3.8) is 0 Å². The second-order valence-electron chi connectivity index (χ2n) is 4.71. The molecule has 1 heterocycles. The molecule has 0 fully saturated rings. The quantitative estimate of drug-likeness (QED) is 0.744. The molecule has 2 aromatic rings. The van der Waals surface area contributed by atoms with Crippen molar-refractivity contribution in [2.24, 2.45) is 0 Å². The molecule has 0 radical (unpaired) electrons. The first-order valence-electron chi connectivity index (χ1n) is 5.91. The number of hydrogen-bond donors (Lipinski definition) is 2. The molecule has 3 rings (SSSR count). The van der Waals surface area contributed by atoms with E-state index in [4.69, 9.17) is 0 Å². The van der Waals surface area contributed by atoms with Crippen molar-refractivity contribution in [2.45, 2.75) is 25.9 Å². The summed E-state index contributed by atoms with van der Waals surface area (Å²) in [7, 11) is 0. The third-order valence-corrected chi connectivity index (χ3v) is 3.45. The highest BCUT2D eigenvalue weighted by molar-refractivity contribution is 6.07. The van der Waals surface area contributed by atoms with Crippen LogP contribution in [0, 0.1) is 6.92 Å². The molecule has 1 aromatic heterocycles. The number of ketones is 1. The first-order chi connectivity index (χ1) is 8.58. The number of phenols is 1. The van der Waals surface area contributed by atoms with Crippen molar-refractivity contribution in [2.75, 3.05) is 0 Å². The van der Waals surface area contributed by atoms with Gasteiger partial charge in [0.2, 0.25) is 0 Å². The number of phenolic OH excluding ortho intramolecular Hbond substituents is 1. The van der Waals surface area contributed by atoms with Crippen molar-refractivity contribution in [3.05, 3.63) is 35.2 Å². The number of pyridine rings is 1. The molecule has 0 bridgehead atoms. The van der Waals surface area contributed by atoms with Crippen LogP contribution < -0.4 is 0 Å². The first-order valence-corrected chi connectivity index (χ1v) is 5.91. The van der Waals surface area contributed by atoms with Gasteiger partial charge < -0.3 is 10.2 Å². The minimum atomic E-state index is -0.679. The van der Waals surface area contributed by atoms with Gasteiger partial charge in [0.1, 0.15) is 5.75 Å². The van der Waals surface area contributed by atoms with E-state index >= 15 is 0 Å². The van der Waals surface area contributed by atoms with E-state index in [1.54, 1.807) is 12.3 Å². The minimum Gasteiger partial charge on any atom is -0.506 e. The molecule has 4 heteroatoms. The third kappa shape index (κ3) is 1.49. The molecule has 1 atom stereocenters. The summed E-state index contributed by atoms with van der Waals surface area (Å²) in [5, 5.41) is 21.5. The maximum Gasteiger partial charge on any atom is 0.167 e. The second-order valence-corrected chi connectivity index (χ2v) is 4.71. The van der Waals surface area contributed by atoms with Gasteiger partial charge in [-0.3, -0.25) is 9.78 Å². The third-order valence-electron chi connectivity index (χ3n) is 3.45. The highest BCUT2D eigenvalue weighted by atomic mass is 16.3. The fourth-order valence-electron chi connectivity index (χ4n) is 2.51. The molecule has 0 saturated carbocycles. The van der Waals surface area contributed by atoms with Crippen LogP contribution in [0.25, 0.3) is 10.8 Å². The number of aromatic nitrogens is 1. The molecule has 1 aliphatic rings. The number of benzene rings is 1. The van der Waals surface area contributed by atoms with E-state index in [0.717, 1.165) is 11.1 Å². The van der Waals surface area contributed by atoms with Gasteiger partial charge >= 0.3 is 0 Å². The predicted molar refractivity (Wildman–Crippen MR) is 66.7 cm³/mol. The van der Waals surface area contributed by atoms with Crippen LogP contribution in [0.15, 0.2) is 18.3 Å². The Labute approximate surface area is 104 Å². The predicted octanol–water partition coefficient (Wildman–Crippen LogP) is 2.26. The topological polar surface area (TPSA) is 70.4 Å². The molecule has 0 aliphatic heterocycles. The Balaban J connectivity index is 2.40. The van der Waals surface area contributed by atoms with Crippen LogP contribution >= 0.6 is 0 Å². The number of aromatic hydroxyl groups is 1. The molecule has 0 spiro atoms. The Kier molecular flexibility index (Phi) is 2.35. The summed E-state index contributed by atoms with van der Waals surface area (Å²) in [4.78, 5) is 16.0. The molecule has 18 heavy (non-hydrogen) atoms. The van der Waals surface area contributed by atoms with Crippen LogP contribution in [-0.2, 0) is 0 Å². The summed E-state index contributed by atoms with van der Waals surface area (Å²) >= 11 is 0. The fraction of sp³-hybridized carbons (Fsp3) is 0.286. The molecule has 2 N–H and O–H groups in total. The SMILES string of the molecule is Cc1cc2cc3c(c(O)c2cn1)C(=O)CCC3O. The number of aliphatic hydroxyl groups is 1. The number of rotatable bonds is 0. The highest BCUT2D eigenvalue weighted by Gasteiger charge is 2.28. The Morgan fingerprint density at radius 2 is 2.17 bits per heavy atom. The lowest BCUT2D eigenvalue weighted by molar-refractivity contribution is 0.0893. The Morgan fingerprint density at radius 1 is 1.39 bits per heavy atom. The molecular formula is C14H13NO3. The lowest BCUT2D eigenvalue weighted by Gasteiger charge is -2.22. The lowest BCUT2D eigenvalue weighted by atomic mass is 9.86. The van der Waals surface area contributed by atoms with Crippen molar-refractivity contribution >= 4 is 16.6 Å². The summed E-state index contributed by atoms with van der Waals surface area (Å²) in [5.41, 5.74) is 1.62. The maximum absolute atomic E-state index is 11.9. The van der Waals surface area contributed by atoms with Crippen molar-refractivity contribution in [3.8, 4) is 5.75 Å². The molecule has 0 amide bonds. The highest BCUT2D eigenvalue weighted by Crippen LogP contribution is 2.39. The lowest BCUT2D eigenvalue weighted by Crippen LogP contribution is -2.15. The molecule has 4 nitrogen and oxygen atoms in total. The molecular weight excluding hydrogens is 230 g/mol. The van der Waals surface area contributed by atoms with Gasteiger partial charge in [-0.2, -0.15) is 0 Å². The largest absolute Gasteiger partial charge is 0.506 e. The number of carbonyl (C=O) groups is 1. The molecule has 1 aliphatic carbocycles. The van der Waals surface area contributed by atoms with E-state index in [2.05, 4.69) is 4.98 Å². The van der Waals surface area contributed by atoms with Crippen molar-refractivity contribution < 1.29 is 15.0 Å². The zero-order chi connectivity index (χ0) is 12.9. The number of nitrogens with zero attached hydrogens (tertiary/aromatic N) is 1. The van der Waals surface area contributed by atoms with Gasteiger partial charge in [0.25, 0.3) is 0 Å². The number of aryl methyl sites for hydroxylation is 1. The molecule has 1 unspecified atom stereocenters. The fourth-order valence-corrected chi connectivity index (χ4v) is 2.51. The standard InChI is InChI=1S/C14H13NO3/c1-7-4-8-5-9-11(16)2-3-12(17)13(9)14(18)10(8)6-15-7/h4-6,11,16,18H,2-3H2,1H3. The zero-order valence-electron chi connectivity index (χ0n) is 9.97. The van der Waals surface area contributed by atoms with Crippen LogP contribution in [0.2, 0.25) is 0 Å². The average molecular weight is 243 g/mol. The molecule has 92 valence electrons. The number of aliphatic hydroxyl groups excluding tert-OH is 1. The van der Waals surface area contributed by atoms with E-state index in [-0.39, 0.29) is 23.5 Å². The average Bonchev–Trinajstić information content (AvgIpc) is 2.33. The van der Waals surface area contributed by atoms with Crippen LogP contribution in [0.1, 0.15) is 40.6 Å². The number of Topliss-reactive ketones (excluding diaryl/α,β-unsaturated/α-hetero) is 1. The number of fused-ring (bicyclic) bond motifs is 2. The summed E-state index contributed by atoms with van der Waals surface area (Å²) in [6.45, 7) is 1.86. The van der Waals surface area contributed by atoms with Crippen LogP contribution in [-0.4, -0.2) is 21.0 Å². The van der Waals surface area contributed by atoms with Gasteiger partial charge in [0.05, 0.1) is 11.7 Å². The Hall–Kier alpha value is -1.94. The van der Waals surface area contributed by atoms with Crippen molar-refractivity contribution in [1.82, 2.24) is 4.98 Å². The summed E-state index contributed by atoms with van der Waals surface area (Å²) in [6.07, 6.45) is 1.57. The van der Waals surface area contributed by atoms with Crippen LogP contribution in [0.4, 0.5) is 0 Å². The van der Waals surface area contributed by atoms with Gasteiger partial charge in [-0.15, -0.1) is 0 Å².